The second-order valence-corrected chi connectivity index (χ2v) is 7.62. The molecule has 5 rings (SSSR count). The predicted molar refractivity (Wildman–Crippen MR) is 123 cm³/mol. The van der Waals surface area contributed by atoms with Crippen LogP contribution in [0.25, 0.3) is 5.65 Å². The van der Waals surface area contributed by atoms with Crippen molar-refractivity contribution in [1.82, 2.24) is 14.3 Å². The molecule has 3 amide bonds. The summed E-state index contributed by atoms with van der Waals surface area (Å²) in [6, 6.07) is 19.8. The van der Waals surface area contributed by atoms with E-state index in [0.717, 1.165) is 4.90 Å². The van der Waals surface area contributed by atoms with Gasteiger partial charge < -0.3 is 10.1 Å². The number of hydrogen-bond acceptors (Lipinski definition) is 6. The third kappa shape index (κ3) is 4.02. The number of anilines is 1. The minimum atomic E-state index is -0.518. The first-order valence-corrected chi connectivity index (χ1v) is 10.4. The Morgan fingerprint density at radius 2 is 1.62 bits per heavy atom. The van der Waals surface area contributed by atoms with Crippen LogP contribution in [0.5, 0.6) is 5.75 Å². The maximum absolute atomic E-state index is 12.5. The number of rotatable bonds is 6. The van der Waals surface area contributed by atoms with Gasteiger partial charge in [-0.25, -0.2) is 4.98 Å². The number of amides is 3. The molecule has 1 N–H and O–H groups in total. The molecule has 3 heterocycles. The monoisotopic (exact) mass is 454 g/mol. The summed E-state index contributed by atoms with van der Waals surface area (Å²) < 4.78 is 7.19. The van der Waals surface area contributed by atoms with E-state index in [-0.39, 0.29) is 23.3 Å². The highest BCUT2D eigenvalue weighted by atomic mass is 16.5. The Morgan fingerprint density at radius 3 is 2.38 bits per heavy atom. The summed E-state index contributed by atoms with van der Waals surface area (Å²) in [4.78, 5) is 55.0. The van der Waals surface area contributed by atoms with Gasteiger partial charge in [0, 0.05) is 24.0 Å². The van der Waals surface area contributed by atoms with Gasteiger partial charge in [0.2, 0.25) is 5.91 Å². The molecule has 168 valence electrons. The van der Waals surface area contributed by atoms with Crippen LogP contribution in [0.4, 0.5) is 5.69 Å². The number of benzene rings is 2. The second kappa shape index (κ2) is 8.62. The van der Waals surface area contributed by atoms with E-state index in [9.17, 15) is 19.2 Å². The van der Waals surface area contributed by atoms with Crippen molar-refractivity contribution in [3.05, 3.63) is 106 Å². The molecule has 0 spiro atoms. The molecule has 9 nitrogen and oxygen atoms in total. The second-order valence-electron chi connectivity index (χ2n) is 7.62. The molecule has 0 radical (unpaired) electrons. The lowest BCUT2D eigenvalue weighted by molar-refractivity contribution is -0.116. The largest absolute Gasteiger partial charge is 0.487 e. The molecule has 0 saturated carbocycles. The maximum Gasteiger partial charge on any atom is 0.262 e. The van der Waals surface area contributed by atoms with Crippen LogP contribution < -0.4 is 15.6 Å². The van der Waals surface area contributed by atoms with Crippen LogP contribution in [0.15, 0.2) is 83.8 Å². The Morgan fingerprint density at radius 1 is 0.882 bits per heavy atom. The topological polar surface area (TPSA) is 110 Å². The number of pyridine rings is 1. The molecule has 0 fully saturated rings. The quantitative estimate of drug-likeness (QED) is 0.449. The summed E-state index contributed by atoms with van der Waals surface area (Å²) in [7, 11) is 0. The van der Waals surface area contributed by atoms with Gasteiger partial charge in [-0.15, -0.1) is 0 Å². The van der Waals surface area contributed by atoms with Crippen molar-refractivity contribution in [3.8, 4) is 5.75 Å². The van der Waals surface area contributed by atoms with Crippen LogP contribution in [0, 0.1) is 0 Å². The molecule has 0 aliphatic carbocycles. The molecular formula is C25H18N4O5. The maximum atomic E-state index is 12.5. The summed E-state index contributed by atoms with van der Waals surface area (Å²) in [6.45, 7) is -0.338. The van der Waals surface area contributed by atoms with Gasteiger partial charge in [0.15, 0.2) is 0 Å². The van der Waals surface area contributed by atoms with Gasteiger partial charge in [0.1, 0.15) is 24.5 Å². The molecule has 2 aromatic heterocycles. The number of carbonyl (C=O) groups is 3. The van der Waals surface area contributed by atoms with Crippen LogP contribution >= 0.6 is 0 Å². The van der Waals surface area contributed by atoms with Gasteiger partial charge in [-0.1, -0.05) is 24.3 Å². The number of aromatic nitrogens is 2. The van der Waals surface area contributed by atoms with Gasteiger partial charge in [-0.05, 0) is 36.4 Å². The Balaban J connectivity index is 1.23. The minimum absolute atomic E-state index is 0.0626. The first-order chi connectivity index (χ1) is 16.5. The number of nitrogens with zero attached hydrogens (tertiary/aromatic N) is 3. The molecule has 0 atom stereocenters. The summed E-state index contributed by atoms with van der Waals surface area (Å²) in [5, 5.41) is 2.67. The third-order valence-electron chi connectivity index (χ3n) is 5.31. The normalized spacial score (nSPS) is 12.6. The van der Waals surface area contributed by atoms with E-state index in [1.807, 2.05) is 0 Å². The number of hydrogen-bond donors (Lipinski definition) is 1. The highest BCUT2D eigenvalue weighted by Crippen LogP contribution is 2.23. The zero-order chi connectivity index (χ0) is 23.7. The van der Waals surface area contributed by atoms with E-state index < -0.39 is 24.3 Å². The minimum Gasteiger partial charge on any atom is -0.487 e. The predicted octanol–water partition coefficient (Wildman–Crippen LogP) is 2.51. The van der Waals surface area contributed by atoms with Crippen LogP contribution in [0.2, 0.25) is 0 Å². The number of carbonyl (C=O) groups excluding carboxylic acids is 3. The summed E-state index contributed by atoms with van der Waals surface area (Å²) in [6.07, 6.45) is 1.64. The van der Waals surface area contributed by atoms with Crippen molar-refractivity contribution >= 4 is 29.1 Å². The van der Waals surface area contributed by atoms with Crippen molar-refractivity contribution in [2.75, 3.05) is 11.9 Å². The molecule has 9 heteroatoms. The molecular weight excluding hydrogens is 436 g/mol. The zero-order valence-corrected chi connectivity index (χ0v) is 17.8. The number of imide groups is 1. The van der Waals surface area contributed by atoms with Crippen molar-refractivity contribution in [2.45, 2.75) is 6.61 Å². The molecule has 0 bridgehead atoms. The zero-order valence-electron chi connectivity index (χ0n) is 17.8. The fourth-order valence-electron chi connectivity index (χ4n) is 3.72. The van der Waals surface area contributed by atoms with E-state index in [1.165, 1.54) is 10.5 Å². The van der Waals surface area contributed by atoms with E-state index >= 15 is 0 Å². The lowest BCUT2D eigenvalue weighted by Gasteiger charge is -2.14. The Bertz CT molecular complexity index is 1480. The van der Waals surface area contributed by atoms with Crippen LogP contribution in [-0.4, -0.2) is 38.6 Å². The lowest BCUT2D eigenvalue weighted by atomic mass is 10.1. The van der Waals surface area contributed by atoms with Gasteiger partial charge in [0.05, 0.1) is 16.8 Å². The molecule has 1 aliphatic heterocycles. The summed E-state index contributed by atoms with van der Waals surface area (Å²) in [5.41, 5.74) is 1.79. The Hall–Kier alpha value is -4.79. The SMILES string of the molecule is O=C(CN1C(=O)c2ccccc2C1=O)Nc1cccc(OCc2cc(=O)n3ccccc3n2)c1. The van der Waals surface area contributed by atoms with Crippen molar-refractivity contribution < 1.29 is 19.1 Å². The fraction of sp³-hybridized carbons (Fsp3) is 0.0800. The highest BCUT2D eigenvalue weighted by molar-refractivity contribution is 6.22. The van der Waals surface area contributed by atoms with E-state index in [1.54, 1.807) is 72.9 Å². The van der Waals surface area contributed by atoms with Crippen LogP contribution in [0.1, 0.15) is 26.4 Å². The van der Waals surface area contributed by atoms with E-state index in [4.69, 9.17) is 4.74 Å². The number of fused-ring (bicyclic) bond motifs is 2. The average molecular weight is 454 g/mol. The summed E-state index contributed by atoms with van der Waals surface area (Å²) >= 11 is 0. The molecule has 4 aromatic rings. The number of nitrogens with one attached hydrogen (secondary N) is 1. The Kier molecular flexibility index (Phi) is 5.35. The van der Waals surface area contributed by atoms with Gasteiger partial charge in [-0.2, -0.15) is 0 Å². The first kappa shape index (κ1) is 21.1. The van der Waals surface area contributed by atoms with Crippen molar-refractivity contribution in [3.63, 3.8) is 0 Å². The first-order valence-electron chi connectivity index (χ1n) is 10.4. The molecule has 1 aliphatic rings. The van der Waals surface area contributed by atoms with E-state index in [0.29, 0.717) is 22.8 Å². The lowest BCUT2D eigenvalue weighted by Crippen LogP contribution is -2.37. The summed E-state index contributed by atoms with van der Waals surface area (Å²) in [5.74, 6) is -1.05. The highest BCUT2D eigenvalue weighted by Gasteiger charge is 2.36. The molecule has 2 aromatic carbocycles. The molecule has 34 heavy (non-hydrogen) atoms. The molecule has 0 unspecified atom stereocenters. The van der Waals surface area contributed by atoms with E-state index in [2.05, 4.69) is 10.3 Å². The van der Waals surface area contributed by atoms with Crippen molar-refractivity contribution in [2.24, 2.45) is 0 Å². The standard InChI is InChI=1S/C25H18N4O5/c30-22(14-29-24(32)19-8-1-2-9-20(19)25(29)33)27-16-6-5-7-18(12-16)34-15-17-13-23(31)28-11-4-3-10-21(28)26-17/h1-13H,14-15H2,(H,27,30). The third-order valence-corrected chi connectivity index (χ3v) is 5.31. The molecule has 0 saturated heterocycles. The van der Waals surface area contributed by atoms with Gasteiger partial charge >= 0.3 is 0 Å². The fourth-order valence-corrected chi connectivity index (χ4v) is 3.72. The van der Waals surface area contributed by atoms with Crippen molar-refractivity contribution in [1.29, 1.82) is 0 Å². The number of ether oxygens (including phenoxy) is 1. The average Bonchev–Trinajstić information content (AvgIpc) is 3.08. The smallest absolute Gasteiger partial charge is 0.262 e. The van der Waals surface area contributed by atoms with Gasteiger partial charge in [0.25, 0.3) is 17.4 Å². The Labute approximate surface area is 193 Å². The van der Waals surface area contributed by atoms with Gasteiger partial charge in [-0.3, -0.25) is 28.5 Å². The van der Waals surface area contributed by atoms with Crippen LogP contribution in [-0.2, 0) is 11.4 Å². The van der Waals surface area contributed by atoms with Crippen LogP contribution in [0.3, 0.4) is 0 Å².